The van der Waals surface area contributed by atoms with E-state index in [2.05, 4.69) is 10.9 Å². The molecule has 0 bridgehead atoms. The molecule has 0 saturated heterocycles. The fraction of sp³-hybridized carbons (Fsp3) is 0.316. The summed E-state index contributed by atoms with van der Waals surface area (Å²) < 4.78 is 4.99. The van der Waals surface area contributed by atoms with Crippen LogP contribution in [0.1, 0.15) is 44.0 Å². The van der Waals surface area contributed by atoms with Gasteiger partial charge in [0.2, 0.25) is 5.91 Å². The molecule has 6 heteroatoms. The minimum absolute atomic E-state index is 0.0263. The van der Waals surface area contributed by atoms with Crippen molar-refractivity contribution in [2.45, 2.75) is 39.2 Å². The van der Waals surface area contributed by atoms with Crippen molar-refractivity contribution in [1.29, 1.82) is 0 Å². The van der Waals surface area contributed by atoms with E-state index in [4.69, 9.17) is 4.74 Å². The lowest BCUT2D eigenvalue weighted by molar-refractivity contribution is -0.122. The van der Waals surface area contributed by atoms with Crippen LogP contribution in [0.25, 0.3) is 10.8 Å². The first-order valence-electron chi connectivity index (χ1n) is 8.04. The number of carbonyl (C=O) groups excluding carboxylic acids is 3. The molecule has 0 saturated carbocycles. The number of carbonyl (C=O) groups is 3. The first-order valence-corrected chi connectivity index (χ1v) is 8.04. The molecule has 0 aromatic heterocycles. The number of amides is 2. The molecule has 25 heavy (non-hydrogen) atoms. The monoisotopic (exact) mass is 342 g/mol. The van der Waals surface area contributed by atoms with Crippen molar-refractivity contribution in [3.8, 4) is 0 Å². The molecular formula is C19H22N2O4. The molecule has 0 unspecified atom stereocenters. The summed E-state index contributed by atoms with van der Waals surface area (Å²) in [5.74, 6) is -0.585. The molecule has 2 aromatic rings. The smallest absolute Gasteiger partial charge is 0.426 e. The summed E-state index contributed by atoms with van der Waals surface area (Å²) in [7, 11) is 0. The molecule has 2 aromatic carbocycles. The van der Waals surface area contributed by atoms with E-state index in [1.54, 1.807) is 26.8 Å². The number of hydrazine groups is 1. The molecule has 0 aliphatic carbocycles. The SMILES string of the molecule is CC(C)(C)OC(=O)NNC(=O)CCC(=O)c1ccc2ccccc2c1. The number of rotatable bonds is 4. The Morgan fingerprint density at radius 3 is 2.28 bits per heavy atom. The molecule has 2 rings (SSSR count). The number of nitrogens with one attached hydrogen (secondary N) is 2. The van der Waals surface area contributed by atoms with Crippen LogP contribution in [0.3, 0.4) is 0 Å². The van der Waals surface area contributed by atoms with Gasteiger partial charge in [-0.1, -0.05) is 36.4 Å². The third-order valence-corrected chi connectivity index (χ3v) is 3.35. The number of ether oxygens (including phenoxy) is 1. The predicted molar refractivity (Wildman–Crippen MR) is 95.0 cm³/mol. The van der Waals surface area contributed by atoms with E-state index in [1.165, 1.54) is 0 Å². The third kappa shape index (κ3) is 5.91. The molecule has 0 spiro atoms. The maximum Gasteiger partial charge on any atom is 0.426 e. The van der Waals surface area contributed by atoms with Crippen molar-refractivity contribution >= 4 is 28.6 Å². The van der Waals surface area contributed by atoms with Crippen molar-refractivity contribution in [3.63, 3.8) is 0 Å². The van der Waals surface area contributed by atoms with E-state index in [1.807, 2.05) is 36.4 Å². The highest BCUT2D eigenvalue weighted by Crippen LogP contribution is 2.17. The summed E-state index contributed by atoms with van der Waals surface area (Å²) in [5.41, 5.74) is 4.29. The van der Waals surface area contributed by atoms with Crippen LogP contribution < -0.4 is 10.9 Å². The highest BCUT2D eigenvalue weighted by atomic mass is 16.6. The Kier molecular flexibility index (Phi) is 5.75. The Labute approximate surface area is 146 Å². The predicted octanol–water partition coefficient (Wildman–Crippen LogP) is 3.36. The Bertz CT molecular complexity index is 793. The van der Waals surface area contributed by atoms with Crippen LogP contribution in [0, 0.1) is 0 Å². The summed E-state index contributed by atoms with van der Waals surface area (Å²) in [6.45, 7) is 5.16. The van der Waals surface area contributed by atoms with Gasteiger partial charge in [-0.2, -0.15) is 0 Å². The first-order chi connectivity index (χ1) is 11.7. The quantitative estimate of drug-likeness (QED) is 0.659. The van der Waals surface area contributed by atoms with Crippen LogP contribution in [0.2, 0.25) is 0 Å². The standard InChI is InChI=1S/C19H22N2O4/c1-19(2,3)25-18(24)21-20-17(23)11-10-16(22)15-9-8-13-6-4-5-7-14(13)12-15/h4-9,12H,10-11H2,1-3H3,(H,20,23)(H,21,24). The number of hydrogen-bond donors (Lipinski definition) is 2. The van der Waals surface area contributed by atoms with Crippen LogP contribution >= 0.6 is 0 Å². The Hall–Kier alpha value is -2.89. The molecule has 0 radical (unpaired) electrons. The van der Waals surface area contributed by atoms with Gasteiger partial charge in [0.25, 0.3) is 0 Å². The van der Waals surface area contributed by atoms with Gasteiger partial charge in [-0.05, 0) is 37.6 Å². The van der Waals surface area contributed by atoms with Gasteiger partial charge in [0, 0.05) is 18.4 Å². The summed E-state index contributed by atoms with van der Waals surface area (Å²) >= 11 is 0. The summed E-state index contributed by atoms with van der Waals surface area (Å²) in [6, 6.07) is 13.2. The molecule has 2 N–H and O–H groups in total. The lowest BCUT2D eigenvalue weighted by Gasteiger charge is -2.19. The zero-order valence-corrected chi connectivity index (χ0v) is 14.6. The van der Waals surface area contributed by atoms with Crippen LogP contribution in [-0.4, -0.2) is 23.4 Å². The van der Waals surface area contributed by atoms with E-state index >= 15 is 0 Å². The zero-order valence-electron chi connectivity index (χ0n) is 14.6. The molecule has 2 amide bonds. The lowest BCUT2D eigenvalue weighted by atomic mass is 10.0. The Morgan fingerprint density at radius 2 is 1.60 bits per heavy atom. The van der Waals surface area contributed by atoms with Crippen LogP contribution in [0.15, 0.2) is 42.5 Å². The van der Waals surface area contributed by atoms with Crippen LogP contribution in [0.4, 0.5) is 4.79 Å². The van der Waals surface area contributed by atoms with E-state index < -0.39 is 17.6 Å². The largest absolute Gasteiger partial charge is 0.443 e. The van der Waals surface area contributed by atoms with Gasteiger partial charge in [-0.25, -0.2) is 10.2 Å². The van der Waals surface area contributed by atoms with E-state index in [0.29, 0.717) is 5.56 Å². The Morgan fingerprint density at radius 1 is 0.920 bits per heavy atom. The van der Waals surface area contributed by atoms with Gasteiger partial charge in [-0.3, -0.25) is 15.0 Å². The second-order valence-electron chi connectivity index (χ2n) is 6.66. The number of benzene rings is 2. The van der Waals surface area contributed by atoms with E-state index in [-0.39, 0.29) is 18.6 Å². The molecule has 0 heterocycles. The highest BCUT2D eigenvalue weighted by molar-refractivity contribution is 6.01. The van der Waals surface area contributed by atoms with Gasteiger partial charge in [0.15, 0.2) is 5.78 Å². The van der Waals surface area contributed by atoms with Gasteiger partial charge < -0.3 is 4.74 Å². The molecule has 0 fully saturated rings. The van der Waals surface area contributed by atoms with Gasteiger partial charge >= 0.3 is 6.09 Å². The van der Waals surface area contributed by atoms with Gasteiger partial charge in [-0.15, -0.1) is 0 Å². The average molecular weight is 342 g/mol. The molecule has 6 nitrogen and oxygen atoms in total. The number of fused-ring (bicyclic) bond motifs is 1. The number of hydrogen-bond acceptors (Lipinski definition) is 4. The second kappa shape index (κ2) is 7.79. The maximum absolute atomic E-state index is 12.2. The first kappa shape index (κ1) is 18.4. The topological polar surface area (TPSA) is 84.5 Å². The summed E-state index contributed by atoms with van der Waals surface area (Å²) in [4.78, 5) is 35.4. The van der Waals surface area contributed by atoms with Gasteiger partial charge in [0.1, 0.15) is 5.60 Å². The molecule has 0 aliphatic heterocycles. The van der Waals surface area contributed by atoms with Crippen LogP contribution in [-0.2, 0) is 9.53 Å². The molecule has 0 aliphatic rings. The maximum atomic E-state index is 12.2. The lowest BCUT2D eigenvalue weighted by Crippen LogP contribution is -2.44. The summed E-state index contributed by atoms with van der Waals surface area (Å²) in [6.07, 6.45) is -0.719. The number of ketones is 1. The summed E-state index contributed by atoms with van der Waals surface area (Å²) in [5, 5.41) is 2.03. The van der Waals surface area contributed by atoms with Crippen molar-refractivity contribution in [2.75, 3.05) is 0 Å². The fourth-order valence-electron chi connectivity index (χ4n) is 2.22. The average Bonchev–Trinajstić information content (AvgIpc) is 2.56. The van der Waals surface area contributed by atoms with Crippen LogP contribution in [0.5, 0.6) is 0 Å². The Balaban J connectivity index is 1.82. The van der Waals surface area contributed by atoms with E-state index in [0.717, 1.165) is 10.8 Å². The zero-order chi connectivity index (χ0) is 18.4. The minimum Gasteiger partial charge on any atom is -0.443 e. The molecule has 132 valence electrons. The number of Topliss-reactive ketones (excluding diaryl/α,β-unsaturated/α-hetero) is 1. The van der Waals surface area contributed by atoms with Crippen molar-refractivity contribution < 1.29 is 19.1 Å². The third-order valence-electron chi connectivity index (χ3n) is 3.35. The van der Waals surface area contributed by atoms with Crippen molar-refractivity contribution in [1.82, 2.24) is 10.9 Å². The normalized spacial score (nSPS) is 11.0. The minimum atomic E-state index is -0.748. The fourth-order valence-corrected chi connectivity index (χ4v) is 2.22. The molecule has 0 atom stereocenters. The van der Waals surface area contributed by atoms with E-state index in [9.17, 15) is 14.4 Å². The van der Waals surface area contributed by atoms with Crippen molar-refractivity contribution in [2.24, 2.45) is 0 Å². The highest BCUT2D eigenvalue weighted by Gasteiger charge is 2.16. The second-order valence-corrected chi connectivity index (χ2v) is 6.66. The molecular weight excluding hydrogens is 320 g/mol. The van der Waals surface area contributed by atoms with Gasteiger partial charge in [0.05, 0.1) is 0 Å². The van der Waals surface area contributed by atoms with Crippen molar-refractivity contribution in [3.05, 3.63) is 48.0 Å².